The minimum atomic E-state index is 1.04. The molecule has 1 atom stereocenters. The summed E-state index contributed by atoms with van der Waals surface area (Å²) in [5, 5.41) is 0. The van der Waals surface area contributed by atoms with Gasteiger partial charge in [-0.2, -0.15) is 0 Å². The second-order valence-corrected chi connectivity index (χ2v) is 5.68. The number of nitrogens with zero attached hydrogens (tertiary/aromatic N) is 1. The van der Waals surface area contributed by atoms with Gasteiger partial charge in [-0.1, -0.05) is 26.2 Å². The molecule has 1 aliphatic rings. The molecule has 0 N–H and O–H groups in total. The second kappa shape index (κ2) is 5.75. The zero-order valence-electron chi connectivity index (χ0n) is 10.4. The Morgan fingerprint density at radius 2 is 1.64 bits per heavy atom. The van der Waals surface area contributed by atoms with Gasteiger partial charge < -0.3 is 4.48 Å². The van der Waals surface area contributed by atoms with Gasteiger partial charge >= 0.3 is 0 Å². The molecule has 14 heavy (non-hydrogen) atoms. The largest absolute Gasteiger partial charge is 0.328 e. The van der Waals surface area contributed by atoms with E-state index in [1.807, 2.05) is 0 Å². The fourth-order valence-electron chi connectivity index (χ4n) is 2.73. The van der Waals surface area contributed by atoms with Crippen LogP contribution in [0.2, 0.25) is 0 Å². The number of hydrogen-bond donors (Lipinski definition) is 0. The zero-order valence-corrected chi connectivity index (χ0v) is 10.4. The lowest BCUT2D eigenvalue weighted by atomic mass is 9.93. The molecule has 1 unspecified atom stereocenters. The Balaban J connectivity index is 2.36. The van der Waals surface area contributed by atoms with Crippen molar-refractivity contribution < 1.29 is 4.48 Å². The first-order valence-corrected chi connectivity index (χ1v) is 6.46. The van der Waals surface area contributed by atoms with Crippen LogP contribution in [0, 0.1) is 5.92 Å². The van der Waals surface area contributed by atoms with Gasteiger partial charge in [0.1, 0.15) is 0 Å². The third kappa shape index (κ3) is 4.45. The Morgan fingerprint density at radius 1 is 1.00 bits per heavy atom. The molecule has 0 aromatic rings. The van der Waals surface area contributed by atoms with Crippen LogP contribution in [0.5, 0.6) is 0 Å². The zero-order chi connectivity index (χ0) is 10.4. The van der Waals surface area contributed by atoms with E-state index in [1.165, 1.54) is 62.5 Å². The van der Waals surface area contributed by atoms with E-state index in [4.69, 9.17) is 0 Å². The second-order valence-electron chi connectivity index (χ2n) is 5.68. The molecular weight excluding hydrogens is 170 g/mol. The normalized spacial score (nSPS) is 28.9. The Labute approximate surface area is 90.1 Å². The summed E-state index contributed by atoms with van der Waals surface area (Å²) in [5.41, 5.74) is 0. The topological polar surface area (TPSA) is 0 Å². The first-order valence-electron chi connectivity index (χ1n) is 6.46. The minimum absolute atomic E-state index is 1.04. The van der Waals surface area contributed by atoms with Crippen LogP contribution < -0.4 is 0 Å². The quantitative estimate of drug-likeness (QED) is 0.596. The molecule has 1 heterocycles. The Kier molecular flexibility index (Phi) is 4.94. The monoisotopic (exact) mass is 198 g/mol. The molecule has 0 bridgehead atoms. The van der Waals surface area contributed by atoms with Crippen LogP contribution in [0.4, 0.5) is 0 Å². The Morgan fingerprint density at radius 3 is 2.36 bits per heavy atom. The summed E-state index contributed by atoms with van der Waals surface area (Å²) in [5.74, 6) is 1.04. The van der Waals surface area contributed by atoms with Gasteiger partial charge in [-0.3, -0.25) is 0 Å². The summed E-state index contributed by atoms with van der Waals surface area (Å²) >= 11 is 0. The van der Waals surface area contributed by atoms with Gasteiger partial charge in [0.15, 0.2) is 0 Å². The molecular formula is C13H28N+. The highest BCUT2D eigenvalue weighted by molar-refractivity contribution is 4.61. The third-order valence-electron chi connectivity index (χ3n) is 3.70. The lowest BCUT2D eigenvalue weighted by molar-refractivity contribution is -0.890. The Bertz CT molecular complexity index is 151. The molecule has 0 radical (unpaired) electrons. The molecule has 84 valence electrons. The van der Waals surface area contributed by atoms with Gasteiger partial charge in [0.05, 0.1) is 27.2 Å². The lowest BCUT2D eigenvalue weighted by Crippen LogP contribution is -2.40. The van der Waals surface area contributed by atoms with Gasteiger partial charge in [0, 0.05) is 0 Å². The molecule has 1 aliphatic heterocycles. The van der Waals surface area contributed by atoms with Crippen LogP contribution >= 0.6 is 0 Å². The van der Waals surface area contributed by atoms with Crippen LogP contribution in [-0.2, 0) is 0 Å². The maximum Gasteiger partial charge on any atom is 0.0782 e. The van der Waals surface area contributed by atoms with Crippen molar-refractivity contribution >= 4 is 0 Å². The molecule has 0 spiro atoms. The molecule has 0 aromatic heterocycles. The van der Waals surface area contributed by atoms with Gasteiger partial charge in [0.2, 0.25) is 0 Å². The molecule has 0 saturated carbocycles. The summed E-state index contributed by atoms with van der Waals surface area (Å²) in [4.78, 5) is 0. The average molecular weight is 198 g/mol. The minimum Gasteiger partial charge on any atom is -0.328 e. The highest BCUT2D eigenvalue weighted by Gasteiger charge is 2.18. The molecule has 1 fully saturated rings. The van der Waals surface area contributed by atoms with E-state index < -0.39 is 0 Å². The van der Waals surface area contributed by atoms with Crippen molar-refractivity contribution in [2.45, 2.75) is 51.9 Å². The summed E-state index contributed by atoms with van der Waals surface area (Å²) in [6.45, 7) is 5.10. The summed E-state index contributed by atoms with van der Waals surface area (Å²) < 4.78 is 1.25. The van der Waals surface area contributed by atoms with E-state index in [0.717, 1.165) is 5.92 Å². The number of hydrogen-bond acceptors (Lipinski definition) is 0. The van der Waals surface area contributed by atoms with Crippen molar-refractivity contribution in [1.29, 1.82) is 0 Å². The maximum atomic E-state index is 2.39. The summed E-state index contributed by atoms with van der Waals surface area (Å²) in [7, 11) is 4.78. The van der Waals surface area contributed by atoms with Gasteiger partial charge in [0.25, 0.3) is 0 Å². The predicted octanol–water partition coefficient (Wildman–Crippen LogP) is 3.44. The fourth-order valence-corrected chi connectivity index (χ4v) is 2.73. The van der Waals surface area contributed by atoms with Crippen molar-refractivity contribution in [3.63, 3.8) is 0 Å². The molecule has 1 heteroatoms. The van der Waals surface area contributed by atoms with Crippen LogP contribution in [-0.4, -0.2) is 31.7 Å². The van der Waals surface area contributed by atoms with Crippen molar-refractivity contribution in [2.24, 2.45) is 5.92 Å². The number of quaternary nitrogens is 1. The molecule has 0 amide bonds. The van der Waals surface area contributed by atoms with Crippen LogP contribution in [0.25, 0.3) is 0 Å². The standard InChI is InChI=1S/C13H28N/c1-4-8-13-9-5-6-11-14(2,3)12-7-10-13/h13H,4-12H2,1-3H3/q+1. The van der Waals surface area contributed by atoms with Gasteiger partial charge in [-0.05, 0) is 31.6 Å². The van der Waals surface area contributed by atoms with E-state index in [2.05, 4.69) is 21.0 Å². The van der Waals surface area contributed by atoms with Crippen LogP contribution in [0.1, 0.15) is 51.9 Å². The summed E-state index contributed by atoms with van der Waals surface area (Å²) in [6.07, 6.45) is 10.2. The van der Waals surface area contributed by atoms with Crippen molar-refractivity contribution in [3.05, 3.63) is 0 Å². The molecule has 0 aromatic carbocycles. The highest BCUT2D eigenvalue weighted by Crippen LogP contribution is 2.23. The maximum absolute atomic E-state index is 2.39. The molecule has 0 aliphatic carbocycles. The van der Waals surface area contributed by atoms with E-state index in [0.29, 0.717) is 0 Å². The number of rotatable bonds is 2. The average Bonchev–Trinajstić information content (AvgIpc) is 2.18. The van der Waals surface area contributed by atoms with E-state index in [9.17, 15) is 0 Å². The highest BCUT2D eigenvalue weighted by atomic mass is 15.3. The first-order chi connectivity index (χ1) is 6.64. The Hall–Kier alpha value is -0.0400. The molecule has 1 saturated heterocycles. The smallest absolute Gasteiger partial charge is 0.0782 e. The van der Waals surface area contributed by atoms with Crippen molar-refractivity contribution in [3.8, 4) is 0 Å². The molecule has 1 nitrogen and oxygen atoms in total. The predicted molar refractivity (Wildman–Crippen MR) is 63.3 cm³/mol. The SMILES string of the molecule is CCCC1CCCC[N+](C)(C)CCC1. The molecule has 1 rings (SSSR count). The van der Waals surface area contributed by atoms with Crippen molar-refractivity contribution in [2.75, 3.05) is 27.2 Å². The van der Waals surface area contributed by atoms with E-state index in [1.54, 1.807) is 0 Å². The summed E-state index contributed by atoms with van der Waals surface area (Å²) in [6, 6.07) is 0. The van der Waals surface area contributed by atoms with Crippen molar-refractivity contribution in [1.82, 2.24) is 0 Å². The van der Waals surface area contributed by atoms with Crippen LogP contribution in [0.15, 0.2) is 0 Å². The van der Waals surface area contributed by atoms with Gasteiger partial charge in [-0.25, -0.2) is 0 Å². The van der Waals surface area contributed by atoms with E-state index >= 15 is 0 Å². The lowest BCUT2D eigenvalue weighted by Gasteiger charge is -2.29. The van der Waals surface area contributed by atoms with Gasteiger partial charge in [-0.15, -0.1) is 0 Å². The fraction of sp³-hybridized carbons (Fsp3) is 1.00. The van der Waals surface area contributed by atoms with Crippen LogP contribution in [0.3, 0.4) is 0 Å². The first kappa shape index (κ1) is 12.0. The third-order valence-corrected chi connectivity index (χ3v) is 3.70. The van der Waals surface area contributed by atoms with E-state index in [-0.39, 0.29) is 0 Å².